The summed E-state index contributed by atoms with van der Waals surface area (Å²) in [5.41, 5.74) is 0. The van der Waals surface area contributed by atoms with Gasteiger partial charge in [-0.2, -0.15) is 0 Å². The molecule has 1 fully saturated rings. The maximum absolute atomic E-state index is 13.1. The molecule has 1 aliphatic rings. The zero-order valence-corrected chi connectivity index (χ0v) is 39.9. The average molecular weight is 884 g/mol. The summed E-state index contributed by atoms with van der Waals surface area (Å²) in [5, 5.41) is 0. The van der Waals surface area contributed by atoms with E-state index in [-0.39, 0.29) is 24.9 Å². The molecule has 0 radical (unpaired) electrons. The number of carbonyl (C=O) groups excluding carboxylic acids is 5. The largest absolute Gasteiger partial charge is 0.468 e. The third-order valence-electron chi connectivity index (χ3n) is 11.5. The second-order valence-electron chi connectivity index (χ2n) is 17.3. The molecule has 0 amide bonds. The Labute approximate surface area is 376 Å². The topological polar surface area (TPSA) is 153 Å². The van der Waals surface area contributed by atoms with Crippen molar-refractivity contribution in [2.75, 3.05) is 46.1 Å². The smallest absolute Gasteiger partial charge is 0.308 e. The fraction of sp³-hybridized carbons (Fsp3) is 0.898. The summed E-state index contributed by atoms with van der Waals surface area (Å²) in [4.78, 5) is 61.2. The van der Waals surface area contributed by atoms with Gasteiger partial charge in [0.2, 0.25) is 0 Å². The van der Waals surface area contributed by atoms with Crippen LogP contribution in [0.1, 0.15) is 208 Å². The molecule has 0 aromatic rings. The molecule has 0 aromatic heterocycles. The highest BCUT2D eigenvalue weighted by Crippen LogP contribution is 2.27. The van der Waals surface area contributed by atoms with Gasteiger partial charge in [-0.3, -0.25) is 24.0 Å². The van der Waals surface area contributed by atoms with Crippen LogP contribution in [0.3, 0.4) is 0 Å². The van der Waals surface area contributed by atoms with Crippen molar-refractivity contribution in [1.82, 2.24) is 4.90 Å². The Bertz CT molecular complexity index is 1120. The van der Waals surface area contributed by atoms with E-state index in [1.54, 1.807) is 0 Å². The standard InChI is InChI=1S/C49H89NO12/c1-6-8-10-12-16-22-30-44(31-23-17-13-11-9-7-2)48(55)57-36-28-21-15-19-25-33-50(32-24-18-14-20-27-35-56-40-51)34-26-29-37-58-49-46(61-43(5)54)38-45(60-42(4)53)47(62-49)39-59-41(3)52/h40,44-47,49H,6-39H2,1-5H3/t45?,46-,47+,49?/m0/s1. The first kappa shape index (κ1) is 57.2. The van der Waals surface area contributed by atoms with E-state index in [0.29, 0.717) is 26.3 Å². The Balaban J connectivity index is 2.57. The molecule has 1 saturated heterocycles. The lowest BCUT2D eigenvalue weighted by molar-refractivity contribution is -0.277. The summed E-state index contributed by atoms with van der Waals surface area (Å²) in [6.45, 7) is 13.1. The van der Waals surface area contributed by atoms with Gasteiger partial charge in [-0.1, -0.05) is 129 Å². The van der Waals surface area contributed by atoms with Gasteiger partial charge in [0.25, 0.3) is 6.47 Å². The van der Waals surface area contributed by atoms with Gasteiger partial charge >= 0.3 is 23.9 Å². The first-order valence-electron chi connectivity index (χ1n) is 24.8. The van der Waals surface area contributed by atoms with Gasteiger partial charge in [-0.05, 0) is 71.0 Å². The van der Waals surface area contributed by atoms with Crippen LogP contribution in [0.2, 0.25) is 0 Å². The van der Waals surface area contributed by atoms with Crippen molar-refractivity contribution in [2.24, 2.45) is 5.92 Å². The number of rotatable bonds is 42. The van der Waals surface area contributed by atoms with E-state index >= 15 is 0 Å². The van der Waals surface area contributed by atoms with Crippen molar-refractivity contribution in [3.05, 3.63) is 0 Å². The zero-order valence-electron chi connectivity index (χ0n) is 39.9. The zero-order chi connectivity index (χ0) is 45.5. The monoisotopic (exact) mass is 884 g/mol. The van der Waals surface area contributed by atoms with E-state index in [9.17, 15) is 24.0 Å². The Kier molecular flexibility index (Phi) is 36.7. The normalized spacial score (nSPS) is 17.5. The average Bonchev–Trinajstić information content (AvgIpc) is 3.23. The van der Waals surface area contributed by atoms with Crippen LogP contribution in [-0.4, -0.2) is 106 Å². The van der Waals surface area contributed by atoms with Gasteiger partial charge in [-0.25, -0.2) is 0 Å². The summed E-state index contributed by atoms with van der Waals surface area (Å²) < 4.78 is 38.9. The molecule has 0 N–H and O–H groups in total. The quantitative estimate of drug-likeness (QED) is 0.0248. The van der Waals surface area contributed by atoms with Crippen molar-refractivity contribution in [3.63, 3.8) is 0 Å². The first-order chi connectivity index (χ1) is 30.1. The summed E-state index contributed by atoms with van der Waals surface area (Å²) in [6, 6.07) is 0. The minimum atomic E-state index is -0.889. The number of hydrogen-bond acceptors (Lipinski definition) is 13. The molecule has 0 spiro atoms. The minimum Gasteiger partial charge on any atom is -0.468 e. The molecule has 4 atom stereocenters. The van der Waals surface area contributed by atoms with Crippen molar-refractivity contribution in [2.45, 2.75) is 233 Å². The molecule has 362 valence electrons. The van der Waals surface area contributed by atoms with Crippen LogP contribution < -0.4 is 0 Å². The molecule has 1 aliphatic heterocycles. The highest BCUT2D eigenvalue weighted by molar-refractivity contribution is 5.72. The van der Waals surface area contributed by atoms with Crippen LogP contribution in [0.25, 0.3) is 0 Å². The fourth-order valence-electron chi connectivity index (χ4n) is 8.04. The molecule has 0 aliphatic carbocycles. The third kappa shape index (κ3) is 32.0. The van der Waals surface area contributed by atoms with E-state index in [1.165, 1.54) is 85.0 Å². The minimum absolute atomic E-state index is 0.0225. The van der Waals surface area contributed by atoms with Crippen LogP contribution in [0, 0.1) is 5.92 Å². The van der Waals surface area contributed by atoms with Gasteiger partial charge in [0.1, 0.15) is 18.8 Å². The summed E-state index contributed by atoms with van der Waals surface area (Å²) >= 11 is 0. The SMILES string of the molecule is CCCCCCCCC(CCCCCCCC)C(=O)OCCCCCCCN(CCCCCCCOC=O)CCCCOC1O[C@H](COC(C)=O)C(OC(C)=O)C[C@@H]1OC(C)=O. The molecule has 0 aromatic carbocycles. The summed E-state index contributed by atoms with van der Waals surface area (Å²) in [6.07, 6.45) is 26.0. The van der Waals surface area contributed by atoms with Crippen LogP contribution >= 0.6 is 0 Å². The second-order valence-corrected chi connectivity index (χ2v) is 17.3. The second kappa shape index (κ2) is 39.8. The van der Waals surface area contributed by atoms with Gasteiger partial charge in [-0.15, -0.1) is 0 Å². The van der Waals surface area contributed by atoms with E-state index in [2.05, 4.69) is 18.7 Å². The molecular weight excluding hydrogens is 795 g/mol. The predicted molar refractivity (Wildman–Crippen MR) is 241 cm³/mol. The van der Waals surface area contributed by atoms with Gasteiger partial charge < -0.3 is 38.1 Å². The van der Waals surface area contributed by atoms with E-state index in [0.717, 1.165) is 122 Å². The summed E-state index contributed by atoms with van der Waals surface area (Å²) in [5.74, 6) is -1.43. The number of esters is 4. The van der Waals surface area contributed by atoms with E-state index < -0.39 is 42.5 Å². The predicted octanol–water partition coefficient (Wildman–Crippen LogP) is 10.4. The van der Waals surface area contributed by atoms with Gasteiger partial charge in [0.15, 0.2) is 12.4 Å². The van der Waals surface area contributed by atoms with E-state index in [4.69, 9.17) is 33.2 Å². The molecule has 0 saturated carbocycles. The van der Waals surface area contributed by atoms with Gasteiger partial charge in [0, 0.05) is 33.8 Å². The van der Waals surface area contributed by atoms with Gasteiger partial charge in [0.05, 0.1) is 19.1 Å². The number of hydrogen-bond donors (Lipinski definition) is 0. The van der Waals surface area contributed by atoms with Crippen molar-refractivity contribution in [1.29, 1.82) is 0 Å². The highest BCUT2D eigenvalue weighted by Gasteiger charge is 2.43. The Morgan fingerprint density at radius 1 is 0.565 bits per heavy atom. The Morgan fingerprint density at radius 3 is 1.56 bits per heavy atom. The van der Waals surface area contributed by atoms with Crippen LogP contribution in [-0.2, 0) is 57.1 Å². The lowest BCUT2D eigenvalue weighted by Gasteiger charge is -2.39. The van der Waals surface area contributed by atoms with Crippen molar-refractivity contribution >= 4 is 30.3 Å². The molecule has 13 heteroatoms. The number of unbranched alkanes of at least 4 members (excludes halogenated alkanes) is 19. The lowest BCUT2D eigenvalue weighted by atomic mass is 9.94. The Hall–Kier alpha value is -2.77. The lowest BCUT2D eigenvalue weighted by Crippen LogP contribution is -2.53. The molecule has 0 bridgehead atoms. The van der Waals surface area contributed by atoms with Crippen LogP contribution in [0.4, 0.5) is 0 Å². The molecule has 62 heavy (non-hydrogen) atoms. The first-order valence-corrected chi connectivity index (χ1v) is 24.8. The molecule has 1 rings (SSSR count). The molecule has 13 nitrogen and oxygen atoms in total. The van der Waals surface area contributed by atoms with Crippen LogP contribution in [0.5, 0.6) is 0 Å². The van der Waals surface area contributed by atoms with Crippen molar-refractivity contribution in [3.8, 4) is 0 Å². The summed E-state index contributed by atoms with van der Waals surface area (Å²) in [7, 11) is 0. The third-order valence-corrected chi connectivity index (χ3v) is 11.5. The highest BCUT2D eigenvalue weighted by atomic mass is 16.7. The molecule has 2 unspecified atom stereocenters. The maximum atomic E-state index is 13.1. The maximum Gasteiger partial charge on any atom is 0.308 e. The Morgan fingerprint density at radius 2 is 1.03 bits per heavy atom. The number of carbonyl (C=O) groups is 5. The number of nitrogens with zero attached hydrogens (tertiary/aromatic N) is 1. The molecule has 1 heterocycles. The molecular formula is C49H89NO12. The van der Waals surface area contributed by atoms with E-state index in [1.807, 2.05) is 0 Å². The van der Waals surface area contributed by atoms with Crippen molar-refractivity contribution < 1.29 is 57.1 Å². The number of ether oxygens (including phenoxy) is 7. The fourth-order valence-corrected chi connectivity index (χ4v) is 8.04. The van der Waals surface area contributed by atoms with Crippen LogP contribution in [0.15, 0.2) is 0 Å².